The van der Waals surface area contributed by atoms with Crippen LogP contribution >= 0.6 is 11.8 Å². The van der Waals surface area contributed by atoms with Crippen LogP contribution in [0.1, 0.15) is 38.2 Å². The number of hydrogen-bond acceptors (Lipinski definition) is 3. The number of rotatable bonds is 9. The van der Waals surface area contributed by atoms with Crippen molar-refractivity contribution >= 4 is 11.8 Å². The zero-order valence-corrected chi connectivity index (χ0v) is 11.7. The lowest BCUT2D eigenvalue weighted by molar-refractivity contribution is 0.251. The minimum Gasteiger partial charge on any atom is -0.464 e. The molecule has 0 aliphatic rings. The highest BCUT2D eigenvalue weighted by Gasteiger charge is 2.07. The number of nitrogens with one attached hydrogen (secondary N) is 1. The minimum atomic E-state index is -2.34. The van der Waals surface area contributed by atoms with Crippen LogP contribution in [0, 0.1) is 5.92 Å². The molecule has 0 aliphatic carbocycles. The summed E-state index contributed by atoms with van der Waals surface area (Å²) in [7, 11) is 0. The second kappa shape index (κ2) is 8.53. The molecule has 0 radical (unpaired) electrons. The van der Waals surface area contributed by atoms with Crippen LogP contribution in [0.5, 0.6) is 0 Å². The van der Waals surface area contributed by atoms with Gasteiger partial charge in [0.15, 0.2) is 0 Å². The number of halogens is 2. The Morgan fingerprint density at radius 3 is 2.67 bits per heavy atom. The van der Waals surface area contributed by atoms with Crippen LogP contribution in [0.15, 0.2) is 16.5 Å². The lowest BCUT2D eigenvalue weighted by Gasteiger charge is -2.05. The van der Waals surface area contributed by atoms with Crippen molar-refractivity contribution in [3.63, 3.8) is 0 Å². The first kappa shape index (κ1) is 15.5. The van der Waals surface area contributed by atoms with E-state index in [0.29, 0.717) is 24.1 Å². The Hall–Kier alpha value is -0.550. The van der Waals surface area contributed by atoms with Gasteiger partial charge in [0.05, 0.1) is 12.3 Å². The fourth-order valence-corrected chi connectivity index (χ4v) is 2.03. The SMILES string of the molecule is CC(C)CCCNCc1ccc(CSC(F)F)o1. The Morgan fingerprint density at radius 2 is 2.00 bits per heavy atom. The van der Waals surface area contributed by atoms with Crippen molar-refractivity contribution in [3.05, 3.63) is 23.7 Å². The van der Waals surface area contributed by atoms with Gasteiger partial charge in [-0.3, -0.25) is 0 Å². The van der Waals surface area contributed by atoms with Gasteiger partial charge in [0, 0.05) is 0 Å². The van der Waals surface area contributed by atoms with Crippen LogP contribution in [0.4, 0.5) is 8.78 Å². The summed E-state index contributed by atoms with van der Waals surface area (Å²) in [5.74, 6) is 0.0372. The minimum absolute atomic E-state index is 0.227. The van der Waals surface area contributed by atoms with E-state index < -0.39 is 5.76 Å². The van der Waals surface area contributed by atoms with Crippen molar-refractivity contribution in [2.45, 2.75) is 44.7 Å². The number of alkyl halides is 2. The van der Waals surface area contributed by atoms with Gasteiger partial charge in [0.1, 0.15) is 11.5 Å². The maximum absolute atomic E-state index is 12.0. The van der Waals surface area contributed by atoms with Crippen molar-refractivity contribution in [3.8, 4) is 0 Å². The van der Waals surface area contributed by atoms with Crippen molar-refractivity contribution in [1.82, 2.24) is 5.32 Å². The second-order valence-corrected chi connectivity index (χ2v) is 5.63. The molecule has 1 rings (SSSR count). The van der Waals surface area contributed by atoms with Gasteiger partial charge >= 0.3 is 0 Å². The summed E-state index contributed by atoms with van der Waals surface area (Å²) in [5.41, 5.74) is 0. The molecule has 0 bridgehead atoms. The Labute approximate surface area is 112 Å². The molecule has 0 aliphatic heterocycles. The largest absolute Gasteiger partial charge is 0.464 e. The topological polar surface area (TPSA) is 25.2 Å². The maximum atomic E-state index is 12.0. The summed E-state index contributed by atoms with van der Waals surface area (Å²) in [6, 6.07) is 3.61. The quantitative estimate of drug-likeness (QED) is 0.683. The van der Waals surface area contributed by atoms with Gasteiger partial charge in [-0.2, -0.15) is 8.78 Å². The lowest BCUT2D eigenvalue weighted by Crippen LogP contribution is -2.14. The van der Waals surface area contributed by atoms with E-state index in [4.69, 9.17) is 4.42 Å². The van der Waals surface area contributed by atoms with Crippen molar-refractivity contribution < 1.29 is 13.2 Å². The molecule has 1 aromatic rings. The van der Waals surface area contributed by atoms with E-state index in [0.717, 1.165) is 24.6 Å². The monoisotopic (exact) mass is 277 g/mol. The Bertz CT molecular complexity index is 329. The van der Waals surface area contributed by atoms with Crippen LogP contribution in [0.2, 0.25) is 0 Å². The van der Waals surface area contributed by atoms with Crippen LogP contribution < -0.4 is 5.32 Å². The molecular formula is C13H21F2NOS. The Kier molecular flexibility index (Phi) is 7.35. The van der Waals surface area contributed by atoms with Gasteiger partial charge in [0.25, 0.3) is 5.76 Å². The van der Waals surface area contributed by atoms with Crippen molar-refractivity contribution in [2.24, 2.45) is 5.92 Å². The van der Waals surface area contributed by atoms with Crippen LogP contribution in [-0.4, -0.2) is 12.3 Å². The van der Waals surface area contributed by atoms with E-state index in [2.05, 4.69) is 19.2 Å². The molecule has 0 saturated carbocycles. The third-order valence-electron chi connectivity index (χ3n) is 2.50. The smallest absolute Gasteiger partial charge is 0.284 e. The van der Waals surface area contributed by atoms with Gasteiger partial charge in [-0.05, 0) is 37.4 Å². The average molecular weight is 277 g/mol. The lowest BCUT2D eigenvalue weighted by atomic mass is 10.1. The first-order valence-corrected chi connectivity index (χ1v) is 7.31. The Balaban J connectivity index is 2.15. The Morgan fingerprint density at radius 1 is 1.28 bits per heavy atom. The third kappa shape index (κ3) is 7.01. The van der Waals surface area contributed by atoms with Gasteiger partial charge in [-0.25, -0.2) is 0 Å². The van der Waals surface area contributed by atoms with Crippen LogP contribution in [0.3, 0.4) is 0 Å². The predicted octanol–water partition coefficient (Wildman–Crippen LogP) is 4.26. The summed E-state index contributed by atoms with van der Waals surface area (Å²) in [4.78, 5) is 0. The summed E-state index contributed by atoms with van der Waals surface area (Å²) in [6.07, 6.45) is 2.36. The van der Waals surface area contributed by atoms with Crippen LogP contribution in [-0.2, 0) is 12.3 Å². The molecule has 0 saturated heterocycles. The van der Waals surface area contributed by atoms with E-state index in [1.807, 2.05) is 6.07 Å². The van der Waals surface area contributed by atoms with Crippen LogP contribution in [0.25, 0.3) is 0 Å². The number of thioether (sulfide) groups is 1. The van der Waals surface area contributed by atoms with Crippen molar-refractivity contribution in [1.29, 1.82) is 0 Å². The molecule has 1 N–H and O–H groups in total. The van der Waals surface area contributed by atoms with E-state index in [1.165, 1.54) is 6.42 Å². The molecule has 0 amide bonds. The van der Waals surface area contributed by atoms with E-state index in [9.17, 15) is 8.78 Å². The number of furan rings is 1. The molecular weight excluding hydrogens is 256 g/mol. The third-order valence-corrected chi connectivity index (χ3v) is 3.21. The highest BCUT2D eigenvalue weighted by molar-refractivity contribution is 7.98. The van der Waals surface area contributed by atoms with E-state index in [-0.39, 0.29) is 5.75 Å². The zero-order chi connectivity index (χ0) is 13.4. The molecule has 1 aromatic heterocycles. The maximum Gasteiger partial charge on any atom is 0.284 e. The summed E-state index contributed by atoms with van der Waals surface area (Å²) >= 11 is 0.585. The molecule has 2 nitrogen and oxygen atoms in total. The highest BCUT2D eigenvalue weighted by Crippen LogP contribution is 2.21. The first-order valence-electron chi connectivity index (χ1n) is 6.26. The average Bonchev–Trinajstić information content (AvgIpc) is 2.73. The van der Waals surface area contributed by atoms with Gasteiger partial charge in [-0.15, -0.1) is 0 Å². The molecule has 1 heterocycles. The molecule has 0 unspecified atom stereocenters. The predicted molar refractivity (Wildman–Crippen MR) is 71.8 cm³/mol. The summed E-state index contributed by atoms with van der Waals surface area (Å²) in [6.45, 7) is 6.04. The molecule has 0 fully saturated rings. The molecule has 0 aromatic carbocycles. The molecule has 5 heteroatoms. The molecule has 0 atom stereocenters. The molecule has 104 valence electrons. The van der Waals surface area contributed by atoms with Gasteiger partial charge in [0.2, 0.25) is 0 Å². The fraction of sp³-hybridized carbons (Fsp3) is 0.692. The van der Waals surface area contributed by atoms with E-state index >= 15 is 0 Å². The van der Waals surface area contributed by atoms with Gasteiger partial charge in [-0.1, -0.05) is 25.6 Å². The normalized spacial score (nSPS) is 11.7. The molecule has 0 spiro atoms. The molecule has 18 heavy (non-hydrogen) atoms. The van der Waals surface area contributed by atoms with Gasteiger partial charge < -0.3 is 9.73 Å². The van der Waals surface area contributed by atoms with E-state index in [1.54, 1.807) is 6.07 Å². The zero-order valence-electron chi connectivity index (χ0n) is 10.9. The fourth-order valence-electron chi connectivity index (χ4n) is 1.59. The first-order chi connectivity index (χ1) is 8.58. The standard InChI is InChI=1S/C13H21F2NOS/c1-10(2)4-3-7-16-8-11-5-6-12(17-11)9-18-13(14)15/h5-6,10,13,16H,3-4,7-9H2,1-2H3. The number of hydrogen-bond donors (Lipinski definition) is 1. The highest BCUT2D eigenvalue weighted by atomic mass is 32.2. The summed E-state index contributed by atoms with van der Waals surface area (Å²) < 4.78 is 29.4. The summed E-state index contributed by atoms with van der Waals surface area (Å²) in [5, 5.41) is 3.29. The second-order valence-electron chi connectivity index (χ2n) is 4.65. The van der Waals surface area contributed by atoms with Crippen molar-refractivity contribution in [2.75, 3.05) is 6.54 Å².